The molecule has 20 heavy (non-hydrogen) atoms. The number of benzene rings is 1. The van der Waals surface area contributed by atoms with Crippen molar-refractivity contribution in [1.29, 1.82) is 0 Å². The third-order valence-corrected chi connectivity index (χ3v) is 2.80. The van der Waals surface area contributed by atoms with Crippen LogP contribution in [0.5, 0.6) is 5.88 Å². The summed E-state index contributed by atoms with van der Waals surface area (Å²) in [6.45, 7) is 1.78. The molecule has 2 aromatic rings. The highest BCUT2D eigenvalue weighted by Gasteiger charge is 2.14. The molecule has 6 heteroatoms. The summed E-state index contributed by atoms with van der Waals surface area (Å²) >= 11 is 4.00. The van der Waals surface area contributed by atoms with Gasteiger partial charge in [0.2, 0.25) is 5.88 Å². The summed E-state index contributed by atoms with van der Waals surface area (Å²) < 4.78 is 6.79. The van der Waals surface area contributed by atoms with Gasteiger partial charge >= 0.3 is 5.97 Å². The summed E-state index contributed by atoms with van der Waals surface area (Å²) in [4.78, 5) is 11.3. The highest BCUT2D eigenvalue weighted by molar-refractivity contribution is 7.78. The predicted octanol–water partition coefficient (Wildman–Crippen LogP) is 2.22. The van der Waals surface area contributed by atoms with Crippen LogP contribution in [0, 0.1) is 11.8 Å². The molecule has 5 nitrogen and oxygen atoms in total. The molecule has 102 valence electrons. The van der Waals surface area contributed by atoms with Gasteiger partial charge in [0.25, 0.3) is 0 Å². The van der Waals surface area contributed by atoms with E-state index in [4.69, 9.17) is 4.74 Å². The molecule has 0 unspecified atom stereocenters. The standard InChI is InChI=1S/C14H12N2O3S/c1-2-4-10-5-3-6-11(14(17)18)12(10)9-19-13-7-8-16(20)15-13/h3,5-8,20H,9H2,1H3,(H,17,18). The minimum Gasteiger partial charge on any atom is -0.478 e. The number of rotatable bonds is 4. The van der Waals surface area contributed by atoms with E-state index in [1.807, 2.05) is 0 Å². The summed E-state index contributed by atoms with van der Waals surface area (Å²) in [5, 5.41) is 13.2. The first-order chi connectivity index (χ1) is 9.61. The van der Waals surface area contributed by atoms with Gasteiger partial charge < -0.3 is 9.84 Å². The molecule has 1 N–H and O–H groups in total. The molecule has 0 atom stereocenters. The molecule has 0 amide bonds. The molecule has 0 spiro atoms. The van der Waals surface area contributed by atoms with Crippen LogP contribution in [0.2, 0.25) is 0 Å². The number of aromatic carboxylic acids is 1. The average molecular weight is 288 g/mol. The van der Waals surface area contributed by atoms with E-state index in [0.29, 0.717) is 17.0 Å². The zero-order valence-corrected chi connectivity index (χ0v) is 11.6. The molecular formula is C14H12N2O3S. The molecule has 1 heterocycles. The molecule has 0 saturated heterocycles. The molecule has 0 aliphatic rings. The van der Waals surface area contributed by atoms with E-state index in [-0.39, 0.29) is 12.2 Å². The Hall–Kier alpha value is -2.39. The SMILES string of the molecule is CC#Cc1cccc(C(=O)O)c1COc1ccn(S)n1. The second-order valence-electron chi connectivity index (χ2n) is 3.87. The van der Waals surface area contributed by atoms with Crippen molar-refractivity contribution < 1.29 is 14.6 Å². The van der Waals surface area contributed by atoms with E-state index >= 15 is 0 Å². The van der Waals surface area contributed by atoms with E-state index in [1.54, 1.807) is 31.3 Å². The van der Waals surface area contributed by atoms with Crippen molar-refractivity contribution in [3.63, 3.8) is 0 Å². The molecule has 0 fully saturated rings. The van der Waals surface area contributed by atoms with E-state index < -0.39 is 5.97 Å². The molecule has 0 saturated carbocycles. The number of carbonyl (C=O) groups is 1. The fourth-order valence-corrected chi connectivity index (χ4v) is 1.87. The third-order valence-electron chi connectivity index (χ3n) is 2.58. The fourth-order valence-electron chi connectivity index (χ4n) is 1.72. The highest BCUT2D eigenvalue weighted by Crippen LogP contribution is 2.17. The quantitative estimate of drug-likeness (QED) is 0.669. The average Bonchev–Trinajstić information content (AvgIpc) is 2.83. The van der Waals surface area contributed by atoms with Gasteiger partial charge in [-0.3, -0.25) is 0 Å². The minimum atomic E-state index is -1.01. The van der Waals surface area contributed by atoms with E-state index in [0.717, 1.165) is 0 Å². The number of thiol groups is 1. The van der Waals surface area contributed by atoms with Gasteiger partial charge in [0.15, 0.2) is 0 Å². The zero-order valence-electron chi connectivity index (χ0n) is 10.7. The fraction of sp³-hybridized carbons (Fsp3) is 0.143. The number of ether oxygens (including phenoxy) is 1. The Morgan fingerprint density at radius 3 is 2.90 bits per heavy atom. The lowest BCUT2D eigenvalue weighted by Crippen LogP contribution is -2.08. The van der Waals surface area contributed by atoms with Crippen LogP contribution in [0.25, 0.3) is 0 Å². The second kappa shape index (κ2) is 6.17. The molecule has 0 aliphatic heterocycles. The summed E-state index contributed by atoms with van der Waals surface area (Å²) in [5.41, 5.74) is 1.34. The van der Waals surface area contributed by atoms with Gasteiger partial charge in [-0.15, -0.1) is 11.0 Å². The van der Waals surface area contributed by atoms with Crippen LogP contribution < -0.4 is 4.74 Å². The Kier molecular flexibility index (Phi) is 4.33. The van der Waals surface area contributed by atoms with Crippen molar-refractivity contribution in [3.8, 4) is 17.7 Å². The van der Waals surface area contributed by atoms with Crippen LogP contribution in [-0.4, -0.2) is 20.3 Å². The van der Waals surface area contributed by atoms with Gasteiger partial charge in [0.05, 0.1) is 5.56 Å². The van der Waals surface area contributed by atoms with Crippen LogP contribution in [0.15, 0.2) is 30.5 Å². The summed E-state index contributed by atoms with van der Waals surface area (Å²) in [5.74, 6) is 5.00. The number of hydrogen-bond donors (Lipinski definition) is 2. The van der Waals surface area contributed by atoms with Crippen LogP contribution >= 0.6 is 12.8 Å². The molecule has 0 radical (unpaired) electrons. The van der Waals surface area contributed by atoms with Crippen molar-refractivity contribution in [1.82, 2.24) is 9.19 Å². The highest BCUT2D eigenvalue weighted by atomic mass is 32.1. The zero-order chi connectivity index (χ0) is 14.5. The maximum Gasteiger partial charge on any atom is 0.336 e. The number of nitrogens with zero attached hydrogens (tertiary/aromatic N) is 2. The Morgan fingerprint density at radius 1 is 1.50 bits per heavy atom. The predicted molar refractivity (Wildman–Crippen MR) is 76.9 cm³/mol. The Bertz CT molecular complexity index is 698. The Balaban J connectivity index is 2.31. The Morgan fingerprint density at radius 2 is 2.30 bits per heavy atom. The summed E-state index contributed by atoms with van der Waals surface area (Å²) in [6, 6.07) is 6.59. The monoisotopic (exact) mass is 288 g/mol. The number of aromatic nitrogens is 2. The van der Waals surface area contributed by atoms with Crippen molar-refractivity contribution >= 4 is 18.8 Å². The molecule has 1 aromatic carbocycles. The minimum absolute atomic E-state index is 0.0806. The number of hydrogen-bond acceptors (Lipinski definition) is 4. The van der Waals surface area contributed by atoms with Crippen molar-refractivity contribution in [3.05, 3.63) is 47.2 Å². The van der Waals surface area contributed by atoms with Gasteiger partial charge in [-0.2, -0.15) is 0 Å². The first-order valence-electron chi connectivity index (χ1n) is 5.77. The largest absolute Gasteiger partial charge is 0.478 e. The molecule has 0 aliphatic carbocycles. The third kappa shape index (κ3) is 3.13. The topological polar surface area (TPSA) is 64.3 Å². The van der Waals surface area contributed by atoms with Crippen molar-refractivity contribution in [2.24, 2.45) is 0 Å². The molecule has 1 aromatic heterocycles. The maximum atomic E-state index is 11.3. The number of carboxylic acid groups (broad SMARTS) is 1. The smallest absolute Gasteiger partial charge is 0.336 e. The first-order valence-corrected chi connectivity index (χ1v) is 6.17. The van der Waals surface area contributed by atoms with Gasteiger partial charge in [-0.1, -0.05) is 12.0 Å². The lowest BCUT2D eigenvalue weighted by Gasteiger charge is -2.09. The van der Waals surface area contributed by atoms with E-state index in [2.05, 4.69) is 29.8 Å². The van der Waals surface area contributed by atoms with Crippen LogP contribution in [0.3, 0.4) is 0 Å². The van der Waals surface area contributed by atoms with E-state index in [9.17, 15) is 9.90 Å². The molecular weight excluding hydrogens is 276 g/mol. The molecule has 2 rings (SSSR count). The summed E-state index contributed by atoms with van der Waals surface area (Å²) in [7, 11) is 0. The van der Waals surface area contributed by atoms with Gasteiger partial charge in [-0.05, 0) is 31.9 Å². The normalized spacial score (nSPS) is 9.70. The van der Waals surface area contributed by atoms with Gasteiger partial charge in [-0.25, -0.2) is 8.88 Å². The van der Waals surface area contributed by atoms with Crippen LogP contribution in [-0.2, 0) is 6.61 Å². The van der Waals surface area contributed by atoms with Crippen LogP contribution in [0.4, 0.5) is 0 Å². The van der Waals surface area contributed by atoms with Crippen LogP contribution in [0.1, 0.15) is 28.4 Å². The Labute approximate surface area is 121 Å². The van der Waals surface area contributed by atoms with Crippen molar-refractivity contribution in [2.45, 2.75) is 13.5 Å². The lowest BCUT2D eigenvalue weighted by atomic mass is 10.0. The van der Waals surface area contributed by atoms with E-state index in [1.165, 1.54) is 10.2 Å². The maximum absolute atomic E-state index is 11.3. The second-order valence-corrected chi connectivity index (χ2v) is 4.28. The molecule has 0 bridgehead atoms. The van der Waals surface area contributed by atoms with Gasteiger partial charge in [0.1, 0.15) is 6.61 Å². The lowest BCUT2D eigenvalue weighted by molar-refractivity contribution is 0.0693. The summed E-state index contributed by atoms with van der Waals surface area (Å²) in [6.07, 6.45) is 1.62. The number of carboxylic acids is 1. The first kappa shape index (κ1) is 14.0. The van der Waals surface area contributed by atoms with Gasteiger partial charge in [0, 0.05) is 23.4 Å². The van der Waals surface area contributed by atoms with Crippen molar-refractivity contribution in [2.75, 3.05) is 0 Å².